The average Bonchev–Trinajstić information content (AvgIpc) is 2.53. The Morgan fingerprint density at radius 3 is 2.70 bits per heavy atom. The Hall–Kier alpha value is -1.75. The number of nitrogens with zero attached hydrogens (tertiary/aromatic N) is 2. The number of ether oxygens (including phenoxy) is 1. The first-order chi connectivity index (χ1) is 9.77. The van der Waals surface area contributed by atoms with Crippen LogP contribution in [0.4, 0.5) is 10.5 Å². The number of urea groups is 1. The van der Waals surface area contributed by atoms with Crippen LogP contribution in [0, 0.1) is 0 Å². The molecule has 1 saturated heterocycles. The highest BCUT2D eigenvalue weighted by Crippen LogP contribution is 2.10. The van der Waals surface area contributed by atoms with Gasteiger partial charge in [0.2, 0.25) is 0 Å². The van der Waals surface area contributed by atoms with Gasteiger partial charge in [-0.2, -0.15) is 0 Å². The van der Waals surface area contributed by atoms with Gasteiger partial charge in [0.25, 0.3) is 0 Å². The lowest BCUT2D eigenvalue weighted by Crippen LogP contribution is -2.46. The normalized spacial score (nSPS) is 14.9. The lowest BCUT2D eigenvalue weighted by Gasteiger charge is -2.27. The lowest BCUT2D eigenvalue weighted by molar-refractivity contribution is 0.0532. The Labute approximate surface area is 120 Å². The highest BCUT2D eigenvalue weighted by Gasteiger charge is 2.15. The fraction of sp³-hybridized carbons (Fsp3) is 0.533. The molecule has 1 aliphatic heterocycles. The van der Waals surface area contributed by atoms with Crippen LogP contribution in [0.25, 0.3) is 0 Å². The van der Waals surface area contributed by atoms with E-state index in [0.29, 0.717) is 32.8 Å². The van der Waals surface area contributed by atoms with Crippen molar-refractivity contribution in [2.45, 2.75) is 6.42 Å². The number of carbonyl (C=O) groups excluding carboxylic acids is 1. The SMILES string of the molecule is CN(CCCNC(=O)N1CCOCC1)c1ccccc1. The third-order valence-electron chi connectivity index (χ3n) is 3.44. The van der Waals surface area contributed by atoms with Crippen LogP contribution in [-0.2, 0) is 4.74 Å². The zero-order valence-electron chi connectivity index (χ0n) is 12.0. The van der Waals surface area contributed by atoms with Gasteiger partial charge in [-0.05, 0) is 18.6 Å². The summed E-state index contributed by atoms with van der Waals surface area (Å²) >= 11 is 0. The van der Waals surface area contributed by atoms with Gasteiger partial charge in [-0.15, -0.1) is 0 Å². The molecule has 1 aromatic carbocycles. The second-order valence-corrected chi connectivity index (χ2v) is 4.94. The molecule has 2 rings (SSSR count). The highest BCUT2D eigenvalue weighted by molar-refractivity contribution is 5.74. The van der Waals surface area contributed by atoms with Gasteiger partial charge in [0.15, 0.2) is 0 Å². The zero-order valence-corrected chi connectivity index (χ0v) is 12.0. The number of morpholine rings is 1. The minimum absolute atomic E-state index is 0.0238. The first kappa shape index (κ1) is 14.7. The molecule has 2 amide bonds. The average molecular weight is 277 g/mol. The smallest absolute Gasteiger partial charge is 0.317 e. The van der Waals surface area contributed by atoms with Gasteiger partial charge in [-0.1, -0.05) is 18.2 Å². The molecular formula is C15H23N3O2. The first-order valence-electron chi connectivity index (χ1n) is 7.14. The van der Waals surface area contributed by atoms with Crippen molar-refractivity contribution in [3.8, 4) is 0 Å². The van der Waals surface area contributed by atoms with Crippen LogP contribution in [0.1, 0.15) is 6.42 Å². The van der Waals surface area contributed by atoms with Crippen LogP contribution >= 0.6 is 0 Å². The molecular weight excluding hydrogens is 254 g/mol. The van der Waals surface area contributed by atoms with Crippen molar-refractivity contribution in [2.24, 2.45) is 0 Å². The Balaban J connectivity index is 1.62. The van der Waals surface area contributed by atoms with Crippen LogP contribution in [-0.4, -0.2) is 57.4 Å². The summed E-state index contributed by atoms with van der Waals surface area (Å²) in [4.78, 5) is 15.9. The summed E-state index contributed by atoms with van der Waals surface area (Å²) in [5, 5.41) is 2.96. The van der Waals surface area contributed by atoms with E-state index in [2.05, 4.69) is 29.4 Å². The molecule has 0 aromatic heterocycles. The van der Waals surface area contributed by atoms with Crippen molar-refractivity contribution < 1.29 is 9.53 Å². The molecule has 1 aromatic rings. The molecule has 0 aliphatic carbocycles. The molecule has 5 heteroatoms. The second-order valence-electron chi connectivity index (χ2n) is 4.94. The number of hydrogen-bond donors (Lipinski definition) is 1. The van der Waals surface area contributed by atoms with Crippen LogP contribution in [0.3, 0.4) is 0 Å². The van der Waals surface area contributed by atoms with Crippen molar-refractivity contribution in [3.63, 3.8) is 0 Å². The summed E-state index contributed by atoms with van der Waals surface area (Å²) in [5.74, 6) is 0. The number of anilines is 1. The number of nitrogens with one attached hydrogen (secondary N) is 1. The fourth-order valence-corrected chi connectivity index (χ4v) is 2.20. The molecule has 1 N–H and O–H groups in total. The predicted molar refractivity (Wildman–Crippen MR) is 80.1 cm³/mol. The summed E-state index contributed by atoms with van der Waals surface area (Å²) in [6, 6.07) is 10.3. The standard InChI is InChI=1S/C15H23N3O2/c1-17(14-6-3-2-4-7-14)9-5-8-16-15(19)18-10-12-20-13-11-18/h2-4,6-7H,5,8-13H2,1H3,(H,16,19). The molecule has 1 fully saturated rings. The maximum Gasteiger partial charge on any atom is 0.317 e. The van der Waals surface area contributed by atoms with Gasteiger partial charge in [0.05, 0.1) is 13.2 Å². The largest absolute Gasteiger partial charge is 0.378 e. The maximum atomic E-state index is 11.9. The molecule has 1 heterocycles. The summed E-state index contributed by atoms with van der Waals surface area (Å²) < 4.78 is 5.23. The van der Waals surface area contributed by atoms with E-state index in [4.69, 9.17) is 4.74 Å². The summed E-state index contributed by atoms with van der Waals surface area (Å²) in [5.41, 5.74) is 1.20. The molecule has 0 atom stereocenters. The lowest BCUT2D eigenvalue weighted by atomic mass is 10.3. The number of amides is 2. The number of para-hydroxylation sites is 1. The van der Waals surface area contributed by atoms with Crippen molar-refractivity contribution >= 4 is 11.7 Å². The van der Waals surface area contributed by atoms with Crippen molar-refractivity contribution in [2.75, 3.05) is 51.3 Å². The van der Waals surface area contributed by atoms with Crippen LogP contribution in [0.2, 0.25) is 0 Å². The zero-order chi connectivity index (χ0) is 14.2. The van der Waals surface area contributed by atoms with Crippen LogP contribution in [0.5, 0.6) is 0 Å². The van der Waals surface area contributed by atoms with Gasteiger partial charge in [-0.25, -0.2) is 4.79 Å². The van der Waals surface area contributed by atoms with Gasteiger partial charge < -0.3 is 19.9 Å². The Bertz CT molecular complexity index is 405. The summed E-state index contributed by atoms with van der Waals surface area (Å²) in [6.45, 7) is 4.29. The molecule has 110 valence electrons. The molecule has 5 nitrogen and oxygen atoms in total. The maximum absolute atomic E-state index is 11.9. The van der Waals surface area contributed by atoms with E-state index in [0.717, 1.165) is 13.0 Å². The van der Waals surface area contributed by atoms with E-state index in [9.17, 15) is 4.79 Å². The highest BCUT2D eigenvalue weighted by atomic mass is 16.5. The number of rotatable bonds is 5. The molecule has 0 bridgehead atoms. The van der Waals surface area contributed by atoms with E-state index in [1.165, 1.54) is 5.69 Å². The third kappa shape index (κ3) is 4.42. The number of hydrogen-bond acceptors (Lipinski definition) is 3. The molecule has 0 unspecified atom stereocenters. The predicted octanol–water partition coefficient (Wildman–Crippen LogP) is 1.55. The fourth-order valence-electron chi connectivity index (χ4n) is 2.20. The molecule has 1 aliphatic rings. The van der Waals surface area contributed by atoms with Gasteiger partial charge in [-0.3, -0.25) is 0 Å². The molecule has 0 spiro atoms. The van der Waals surface area contributed by atoms with E-state index >= 15 is 0 Å². The van der Waals surface area contributed by atoms with E-state index < -0.39 is 0 Å². The van der Waals surface area contributed by atoms with Gasteiger partial charge in [0.1, 0.15) is 0 Å². The second kappa shape index (κ2) is 7.75. The number of benzene rings is 1. The summed E-state index contributed by atoms with van der Waals surface area (Å²) in [6.07, 6.45) is 0.932. The van der Waals surface area contributed by atoms with E-state index in [-0.39, 0.29) is 6.03 Å². The Morgan fingerprint density at radius 2 is 2.00 bits per heavy atom. The van der Waals surface area contributed by atoms with E-state index in [1.54, 1.807) is 0 Å². The van der Waals surface area contributed by atoms with Crippen LogP contribution < -0.4 is 10.2 Å². The van der Waals surface area contributed by atoms with Crippen LogP contribution in [0.15, 0.2) is 30.3 Å². The van der Waals surface area contributed by atoms with Crippen molar-refractivity contribution in [1.29, 1.82) is 0 Å². The Morgan fingerprint density at radius 1 is 1.30 bits per heavy atom. The Kier molecular flexibility index (Phi) is 5.68. The quantitative estimate of drug-likeness (QED) is 0.831. The molecule has 20 heavy (non-hydrogen) atoms. The third-order valence-corrected chi connectivity index (χ3v) is 3.44. The minimum Gasteiger partial charge on any atom is -0.378 e. The number of carbonyl (C=O) groups is 1. The van der Waals surface area contributed by atoms with E-state index in [1.807, 2.05) is 23.1 Å². The molecule has 0 saturated carbocycles. The monoisotopic (exact) mass is 277 g/mol. The van der Waals surface area contributed by atoms with Crippen molar-refractivity contribution in [1.82, 2.24) is 10.2 Å². The first-order valence-corrected chi connectivity index (χ1v) is 7.14. The van der Waals surface area contributed by atoms with Gasteiger partial charge in [0, 0.05) is 38.9 Å². The summed E-state index contributed by atoms with van der Waals surface area (Å²) in [7, 11) is 2.07. The van der Waals surface area contributed by atoms with Crippen molar-refractivity contribution in [3.05, 3.63) is 30.3 Å². The molecule has 0 radical (unpaired) electrons. The minimum atomic E-state index is 0.0238. The van der Waals surface area contributed by atoms with Gasteiger partial charge >= 0.3 is 6.03 Å². The topological polar surface area (TPSA) is 44.8 Å².